The summed E-state index contributed by atoms with van der Waals surface area (Å²) in [6, 6.07) is 19.4. The van der Waals surface area contributed by atoms with E-state index in [0.717, 1.165) is 6.92 Å². The minimum atomic E-state index is -5.01. The van der Waals surface area contributed by atoms with E-state index in [9.17, 15) is 4.89 Å². The summed E-state index contributed by atoms with van der Waals surface area (Å²) in [6.45, 7) is -4.22. The van der Waals surface area contributed by atoms with E-state index >= 15 is 8.78 Å². The van der Waals surface area contributed by atoms with Crippen LogP contribution in [-0.4, -0.2) is 15.5 Å². The molecule has 0 fully saturated rings. The molecule has 0 saturated carbocycles. The Morgan fingerprint density at radius 2 is 1.12 bits per heavy atom. The zero-order valence-electron chi connectivity index (χ0n) is 13.2. The van der Waals surface area contributed by atoms with Gasteiger partial charge in [0.2, 0.25) is 0 Å². The number of rotatable bonds is 4. The van der Waals surface area contributed by atoms with Crippen molar-refractivity contribution in [1.82, 2.24) is 4.98 Å². The van der Waals surface area contributed by atoms with E-state index in [-0.39, 0.29) is 15.9 Å². The third-order valence-corrected chi connectivity index (χ3v) is 9.89. The first-order valence-corrected chi connectivity index (χ1v) is 9.74. The van der Waals surface area contributed by atoms with Crippen LogP contribution in [0.3, 0.4) is 0 Å². The molecule has 0 spiro atoms. The maximum absolute atomic E-state index is 15.3. The first-order chi connectivity index (χ1) is 11.4. The summed E-state index contributed by atoms with van der Waals surface area (Å²) in [5.74, 6) is 0. The van der Waals surface area contributed by atoms with Crippen molar-refractivity contribution in [3.8, 4) is 0 Å². The average molecular weight is 345 g/mol. The first kappa shape index (κ1) is 16.7. The number of aromatic nitrogens is 1. The molecule has 24 heavy (non-hydrogen) atoms. The van der Waals surface area contributed by atoms with Crippen LogP contribution in [0.4, 0.5) is 8.78 Å². The second-order valence-electron chi connectivity index (χ2n) is 5.79. The van der Waals surface area contributed by atoms with Crippen LogP contribution in [0, 0.1) is 0 Å². The van der Waals surface area contributed by atoms with Gasteiger partial charge in [-0.15, -0.1) is 0 Å². The molecule has 0 bridgehead atoms. The van der Waals surface area contributed by atoms with Crippen molar-refractivity contribution in [3.05, 3.63) is 85.2 Å². The van der Waals surface area contributed by atoms with Gasteiger partial charge in [0.25, 0.3) is 0 Å². The van der Waals surface area contributed by atoms with Crippen molar-refractivity contribution in [2.45, 2.75) is 12.6 Å². The molecular formula is C19H18F2NOP. The van der Waals surface area contributed by atoms with E-state index in [1.165, 1.54) is 24.5 Å². The Labute approximate surface area is 139 Å². The number of pyridine rings is 1. The number of benzene rings is 2. The molecule has 0 aliphatic carbocycles. The molecule has 0 aliphatic rings. The molecule has 1 heterocycles. The number of nitrogens with zero attached hydrogens (tertiary/aromatic N) is 1. The molecular weight excluding hydrogens is 327 g/mol. The van der Waals surface area contributed by atoms with Gasteiger partial charge in [-0.2, -0.15) is 0 Å². The Morgan fingerprint density at radius 1 is 0.750 bits per heavy atom. The molecule has 5 heteroatoms. The fraction of sp³-hybridized carbons (Fsp3) is 0.105. The van der Waals surface area contributed by atoms with Gasteiger partial charge in [-0.25, -0.2) is 0 Å². The van der Waals surface area contributed by atoms with Gasteiger partial charge >= 0.3 is 139 Å². The standard InChI is InChI=1S/C19H18F2NOP/c1-19(20,21)24(23,16-8-4-2-5-9-16,17-10-6-3-7-11-17)18-12-14-22-15-13-18/h2-15,23H,1H3. The zero-order chi connectivity index (χ0) is 17.3. The average Bonchev–Trinajstić information content (AvgIpc) is 2.62. The van der Waals surface area contributed by atoms with Gasteiger partial charge in [-0.1, -0.05) is 0 Å². The Hall–Kier alpha value is -2.16. The van der Waals surface area contributed by atoms with Crippen LogP contribution in [0.15, 0.2) is 85.2 Å². The summed E-state index contributed by atoms with van der Waals surface area (Å²) in [7, 11) is 0. The van der Waals surface area contributed by atoms with Gasteiger partial charge in [0.1, 0.15) is 0 Å². The molecule has 124 valence electrons. The van der Waals surface area contributed by atoms with Crippen LogP contribution in [0.1, 0.15) is 6.92 Å². The Bertz CT molecular complexity index is 721. The van der Waals surface area contributed by atoms with Gasteiger partial charge in [-0.3, -0.25) is 0 Å². The number of hydrogen-bond acceptors (Lipinski definition) is 2. The number of hydrogen-bond donors (Lipinski definition) is 1. The molecule has 0 amide bonds. The molecule has 2 aromatic carbocycles. The summed E-state index contributed by atoms with van der Waals surface area (Å²) in [4.78, 5) is 16.0. The van der Waals surface area contributed by atoms with Crippen LogP contribution < -0.4 is 15.9 Å². The van der Waals surface area contributed by atoms with E-state index in [1.807, 2.05) is 0 Å². The Morgan fingerprint density at radius 3 is 1.50 bits per heavy atom. The topological polar surface area (TPSA) is 33.1 Å². The molecule has 1 aromatic heterocycles. The SMILES string of the molecule is CC(F)(F)P(O)(c1ccccc1)(c1ccccc1)c1ccncc1. The van der Waals surface area contributed by atoms with Crippen LogP contribution in [-0.2, 0) is 0 Å². The monoisotopic (exact) mass is 345 g/mol. The molecule has 0 aliphatic heterocycles. The third kappa shape index (κ3) is 2.10. The summed E-state index contributed by atoms with van der Waals surface area (Å²) in [5, 5.41) is 0.655. The van der Waals surface area contributed by atoms with Crippen LogP contribution in [0.2, 0.25) is 0 Å². The second-order valence-corrected chi connectivity index (χ2v) is 10.3. The van der Waals surface area contributed by atoms with E-state index in [0.29, 0.717) is 0 Å². The quantitative estimate of drug-likeness (QED) is 0.735. The zero-order valence-corrected chi connectivity index (χ0v) is 14.1. The fourth-order valence-corrected chi connectivity index (χ4v) is 7.67. The number of halogens is 2. The predicted molar refractivity (Wildman–Crippen MR) is 95.8 cm³/mol. The molecule has 0 saturated heterocycles. The van der Waals surface area contributed by atoms with Crippen LogP contribution in [0.5, 0.6) is 0 Å². The van der Waals surface area contributed by atoms with E-state index < -0.39 is 12.5 Å². The summed E-state index contributed by atoms with van der Waals surface area (Å²) < 4.78 is 30.5. The molecule has 0 atom stereocenters. The van der Waals surface area contributed by atoms with E-state index in [4.69, 9.17) is 0 Å². The number of alkyl halides is 2. The van der Waals surface area contributed by atoms with Crippen molar-refractivity contribution in [2.24, 2.45) is 0 Å². The maximum atomic E-state index is 15.3. The predicted octanol–water partition coefficient (Wildman–Crippen LogP) is 3.43. The Balaban J connectivity index is 2.53. The van der Waals surface area contributed by atoms with Gasteiger partial charge in [0.05, 0.1) is 0 Å². The van der Waals surface area contributed by atoms with Crippen molar-refractivity contribution in [2.75, 3.05) is 0 Å². The van der Waals surface area contributed by atoms with E-state index in [1.54, 1.807) is 60.7 Å². The molecule has 0 radical (unpaired) electrons. The molecule has 3 aromatic rings. The van der Waals surface area contributed by atoms with Gasteiger partial charge in [0, 0.05) is 0 Å². The summed E-state index contributed by atoms with van der Waals surface area (Å²) in [6.07, 6.45) is 2.87. The first-order valence-electron chi connectivity index (χ1n) is 7.55. The van der Waals surface area contributed by atoms with Gasteiger partial charge < -0.3 is 0 Å². The molecule has 3 rings (SSSR count). The normalized spacial score (nSPS) is 13.9. The molecule has 0 unspecified atom stereocenters. The van der Waals surface area contributed by atoms with Crippen molar-refractivity contribution in [1.29, 1.82) is 0 Å². The van der Waals surface area contributed by atoms with Crippen LogP contribution >= 0.6 is 6.83 Å². The molecule has 1 N–H and O–H groups in total. The summed E-state index contributed by atoms with van der Waals surface area (Å²) in [5.41, 5.74) is -3.38. The van der Waals surface area contributed by atoms with Crippen molar-refractivity contribution >= 4 is 22.7 Å². The summed E-state index contributed by atoms with van der Waals surface area (Å²) >= 11 is 0. The van der Waals surface area contributed by atoms with Crippen molar-refractivity contribution < 1.29 is 13.7 Å². The van der Waals surface area contributed by atoms with Crippen molar-refractivity contribution in [3.63, 3.8) is 0 Å². The second kappa shape index (κ2) is 5.73. The Kier molecular flexibility index (Phi) is 3.98. The molecule has 2 nitrogen and oxygen atoms in total. The fourth-order valence-electron chi connectivity index (χ4n) is 3.20. The van der Waals surface area contributed by atoms with Gasteiger partial charge in [-0.05, 0) is 0 Å². The third-order valence-electron chi connectivity index (χ3n) is 4.45. The minimum absolute atomic E-state index is 0.195. The van der Waals surface area contributed by atoms with E-state index in [2.05, 4.69) is 4.98 Å². The van der Waals surface area contributed by atoms with Crippen LogP contribution in [0.25, 0.3) is 0 Å². The van der Waals surface area contributed by atoms with Gasteiger partial charge in [0.15, 0.2) is 0 Å².